The van der Waals surface area contributed by atoms with Crippen LogP contribution in [0.1, 0.15) is 40.0 Å². The van der Waals surface area contributed by atoms with E-state index in [4.69, 9.17) is 5.73 Å². The summed E-state index contributed by atoms with van der Waals surface area (Å²) < 4.78 is 0. The lowest BCUT2D eigenvalue weighted by Gasteiger charge is -2.31. The number of Topliss-reactive ketones (excluding diaryl/α,β-unsaturated/α-hetero) is 1. The van der Waals surface area contributed by atoms with Gasteiger partial charge in [-0.25, -0.2) is 0 Å². The molecule has 9 heteroatoms. The molecule has 146 valence electrons. The van der Waals surface area contributed by atoms with Gasteiger partial charge in [0.25, 0.3) is 11.8 Å². The van der Waals surface area contributed by atoms with Crippen LogP contribution >= 0.6 is 0 Å². The van der Waals surface area contributed by atoms with Crippen molar-refractivity contribution in [2.75, 3.05) is 18.0 Å². The highest BCUT2D eigenvalue weighted by Crippen LogP contribution is 2.30. The number of fused-ring (bicyclic) bond motifs is 1. The van der Waals surface area contributed by atoms with Crippen LogP contribution in [0.3, 0.4) is 0 Å². The third-order valence-electron chi connectivity index (χ3n) is 5.08. The minimum atomic E-state index is -1.69. The number of imide groups is 1. The average molecular weight is 385 g/mol. The Morgan fingerprint density at radius 3 is 2.32 bits per heavy atom. The largest absolute Gasteiger partial charge is 0.371 e. The SMILES string of the molecule is NC(=O)CC(=O)C(C=O)N1C(=O)c2ccc(N3CCC(C=O)CC3)cc2C1=O. The third-order valence-corrected chi connectivity index (χ3v) is 5.08. The number of nitrogens with two attached hydrogens (primary N) is 1. The van der Waals surface area contributed by atoms with Gasteiger partial charge in [0.05, 0.1) is 17.5 Å². The van der Waals surface area contributed by atoms with Gasteiger partial charge in [-0.15, -0.1) is 0 Å². The van der Waals surface area contributed by atoms with E-state index in [1.54, 1.807) is 12.1 Å². The van der Waals surface area contributed by atoms with Crippen LogP contribution < -0.4 is 10.6 Å². The normalized spacial score (nSPS) is 18.0. The zero-order valence-electron chi connectivity index (χ0n) is 15.0. The van der Waals surface area contributed by atoms with E-state index in [0.29, 0.717) is 30.8 Å². The lowest BCUT2D eigenvalue weighted by Crippen LogP contribution is -2.46. The van der Waals surface area contributed by atoms with Gasteiger partial charge in [0, 0.05) is 24.7 Å². The van der Waals surface area contributed by atoms with Crippen molar-refractivity contribution in [2.45, 2.75) is 25.3 Å². The summed E-state index contributed by atoms with van der Waals surface area (Å²) in [6.45, 7) is 1.28. The molecule has 0 aromatic heterocycles. The molecule has 0 aliphatic carbocycles. The quantitative estimate of drug-likeness (QED) is 0.387. The van der Waals surface area contributed by atoms with Crippen molar-refractivity contribution in [2.24, 2.45) is 11.7 Å². The third kappa shape index (κ3) is 3.42. The number of primary amides is 1. The van der Waals surface area contributed by atoms with Crippen LogP contribution in [0.5, 0.6) is 0 Å². The van der Waals surface area contributed by atoms with Gasteiger partial charge in [0.2, 0.25) is 5.91 Å². The number of carbonyl (C=O) groups is 6. The molecule has 2 aliphatic heterocycles. The number of amides is 3. The maximum atomic E-state index is 12.7. The minimum absolute atomic E-state index is 0.0222. The first-order chi connectivity index (χ1) is 13.4. The fourth-order valence-electron chi connectivity index (χ4n) is 3.55. The summed E-state index contributed by atoms with van der Waals surface area (Å²) in [5.74, 6) is -3.36. The lowest BCUT2D eigenvalue weighted by atomic mass is 9.97. The molecule has 1 atom stereocenters. The molecule has 9 nitrogen and oxygen atoms in total. The summed E-state index contributed by atoms with van der Waals surface area (Å²) in [4.78, 5) is 73.2. The number of benzene rings is 1. The van der Waals surface area contributed by atoms with E-state index in [1.807, 2.05) is 4.90 Å². The maximum Gasteiger partial charge on any atom is 0.262 e. The Balaban J connectivity index is 1.85. The summed E-state index contributed by atoms with van der Waals surface area (Å²) >= 11 is 0. The number of rotatable bonds is 7. The van der Waals surface area contributed by atoms with Gasteiger partial charge in [0.1, 0.15) is 6.29 Å². The van der Waals surface area contributed by atoms with E-state index in [1.165, 1.54) is 6.07 Å². The maximum absolute atomic E-state index is 12.7. The molecule has 3 rings (SSSR count). The highest BCUT2D eigenvalue weighted by atomic mass is 16.2. The number of ketones is 1. The number of nitrogens with zero attached hydrogens (tertiary/aromatic N) is 2. The molecule has 0 saturated carbocycles. The van der Waals surface area contributed by atoms with Gasteiger partial charge in [-0.3, -0.25) is 24.1 Å². The summed E-state index contributed by atoms with van der Waals surface area (Å²) in [6.07, 6.45) is 1.78. The summed E-state index contributed by atoms with van der Waals surface area (Å²) in [5.41, 5.74) is 5.88. The Bertz CT molecular complexity index is 872. The minimum Gasteiger partial charge on any atom is -0.371 e. The Kier molecular flexibility index (Phi) is 5.34. The second-order valence-corrected chi connectivity index (χ2v) is 6.86. The van der Waals surface area contributed by atoms with Crippen molar-refractivity contribution in [1.29, 1.82) is 0 Å². The van der Waals surface area contributed by atoms with Gasteiger partial charge >= 0.3 is 0 Å². The van der Waals surface area contributed by atoms with Gasteiger partial charge in [-0.2, -0.15) is 0 Å². The number of piperidine rings is 1. The van der Waals surface area contributed by atoms with Gasteiger partial charge in [-0.05, 0) is 31.0 Å². The summed E-state index contributed by atoms with van der Waals surface area (Å²) in [7, 11) is 0. The smallest absolute Gasteiger partial charge is 0.262 e. The molecule has 0 bridgehead atoms. The lowest BCUT2D eigenvalue weighted by molar-refractivity contribution is -0.131. The molecule has 1 aromatic rings. The van der Waals surface area contributed by atoms with Crippen molar-refractivity contribution >= 4 is 41.8 Å². The first-order valence-electron chi connectivity index (χ1n) is 8.86. The first-order valence-corrected chi connectivity index (χ1v) is 8.86. The zero-order chi connectivity index (χ0) is 20.4. The highest BCUT2D eigenvalue weighted by molar-refractivity contribution is 6.25. The van der Waals surface area contributed by atoms with Crippen molar-refractivity contribution in [3.05, 3.63) is 29.3 Å². The Morgan fingerprint density at radius 2 is 1.75 bits per heavy atom. The summed E-state index contributed by atoms with van der Waals surface area (Å²) in [6, 6.07) is 3.04. The van der Waals surface area contributed by atoms with Crippen LogP contribution in [0.15, 0.2) is 18.2 Å². The zero-order valence-corrected chi connectivity index (χ0v) is 15.0. The molecule has 28 heavy (non-hydrogen) atoms. The van der Waals surface area contributed by atoms with E-state index >= 15 is 0 Å². The molecule has 2 aliphatic rings. The molecule has 0 radical (unpaired) electrons. The number of anilines is 1. The number of hydrogen-bond donors (Lipinski definition) is 1. The fourth-order valence-corrected chi connectivity index (χ4v) is 3.55. The van der Waals surface area contributed by atoms with Crippen molar-refractivity contribution in [3.8, 4) is 0 Å². The predicted octanol–water partition coefficient (Wildman–Crippen LogP) is -0.290. The van der Waals surface area contributed by atoms with Crippen LogP contribution in [0.25, 0.3) is 0 Å². The van der Waals surface area contributed by atoms with Crippen LogP contribution in [-0.2, 0) is 19.2 Å². The van der Waals surface area contributed by atoms with E-state index in [9.17, 15) is 28.8 Å². The Morgan fingerprint density at radius 1 is 1.11 bits per heavy atom. The fraction of sp³-hybridized carbons (Fsp3) is 0.368. The second kappa shape index (κ2) is 7.71. The Labute approximate surface area is 160 Å². The van der Waals surface area contributed by atoms with E-state index in [-0.39, 0.29) is 23.3 Å². The van der Waals surface area contributed by atoms with Crippen molar-refractivity contribution in [3.63, 3.8) is 0 Å². The molecule has 3 amide bonds. The monoisotopic (exact) mass is 385 g/mol. The van der Waals surface area contributed by atoms with Crippen LogP contribution in [0.2, 0.25) is 0 Å². The molecular formula is C19H19N3O6. The van der Waals surface area contributed by atoms with Gasteiger partial charge in [-0.1, -0.05) is 0 Å². The van der Waals surface area contributed by atoms with Crippen molar-refractivity contribution in [1.82, 2.24) is 4.90 Å². The predicted molar refractivity (Wildman–Crippen MR) is 96.6 cm³/mol. The van der Waals surface area contributed by atoms with Gasteiger partial charge < -0.3 is 20.2 Å². The van der Waals surface area contributed by atoms with Crippen molar-refractivity contribution < 1.29 is 28.8 Å². The molecule has 1 saturated heterocycles. The van der Waals surface area contributed by atoms with E-state index in [2.05, 4.69) is 0 Å². The average Bonchev–Trinajstić information content (AvgIpc) is 2.93. The van der Waals surface area contributed by atoms with Crippen LogP contribution in [-0.4, -0.2) is 60.1 Å². The second-order valence-electron chi connectivity index (χ2n) is 6.86. The first kappa shape index (κ1) is 19.4. The number of aldehydes is 2. The molecule has 1 fully saturated rings. The number of carbonyl (C=O) groups excluding carboxylic acids is 6. The topological polar surface area (TPSA) is 135 Å². The van der Waals surface area contributed by atoms with E-state index in [0.717, 1.165) is 12.0 Å². The molecule has 1 aromatic carbocycles. The van der Waals surface area contributed by atoms with Crippen LogP contribution in [0, 0.1) is 5.92 Å². The van der Waals surface area contributed by atoms with E-state index < -0.39 is 36.0 Å². The number of hydrogen-bond acceptors (Lipinski definition) is 7. The van der Waals surface area contributed by atoms with Gasteiger partial charge in [0.15, 0.2) is 18.1 Å². The highest BCUT2D eigenvalue weighted by Gasteiger charge is 2.43. The molecule has 2 N–H and O–H groups in total. The Hall–Kier alpha value is -3.36. The molecule has 0 spiro atoms. The summed E-state index contributed by atoms with van der Waals surface area (Å²) in [5, 5.41) is 0. The van der Waals surface area contributed by atoms with Crippen LogP contribution in [0.4, 0.5) is 5.69 Å². The molecule has 1 unspecified atom stereocenters. The molecule has 2 heterocycles. The molecular weight excluding hydrogens is 366 g/mol. The standard InChI is InChI=1S/C19H19N3O6/c20-17(26)8-16(25)15(10-24)22-18(27)13-2-1-12(7-14(13)19(22)28)21-5-3-11(9-23)4-6-21/h1-2,7,9-11,15H,3-6,8H2,(H2,20,26).